The number of aromatic nitrogens is 1. The Morgan fingerprint density at radius 1 is 1.03 bits per heavy atom. The van der Waals surface area contributed by atoms with Crippen LogP contribution in [-0.2, 0) is 17.7 Å². The Bertz CT molecular complexity index is 987. The van der Waals surface area contributed by atoms with Gasteiger partial charge in [0.15, 0.2) is 5.58 Å². The zero-order chi connectivity index (χ0) is 21.0. The smallest absolute Gasteiger partial charge is 0.169 e. The highest BCUT2D eigenvalue weighted by atomic mass is 127. The first-order chi connectivity index (χ1) is 15.3. The van der Waals surface area contributed by atoms with Crippen LogP contribution in [0.15, 0.2) is 53.1 Å². The van der Waals surface area contributed by atoms with Crippen molar-refractivity contribution in [3.8, 4) is 0 Å². The number of halogens is 1. The van der Waals surface area contributed by atoms with Gasteiger partial charge in [0.1, 0.15) is 0 Å². The van der Waals surface area contributed by atoms with Crippen LogP contribution in [0.4, 0.5) is 5.69 Å². The lowest BCUT2D eigenvalue weighted by molar-refractivity contribution is 0.122. The van der Waals surface area contributed by atoms with Crippen LogP contribution in [0.2, 0.25) is 0 Å². The number of rotatable bonds is 6. The number of likely N-dealkylation sites (tertiary alicyclic amines) is 1. The number of piperidine rings is 1. The van der Waals surface area contributed by atoms with Crippen LogP contribution in [0.1, 0.15) is 30.5 Å². The maximum absolute atomic E-state index is 5.71. The van der Waals surface area contributed by atoms with E-state index in [1.807, 2.05) is 0 Å². The number of nitrogens with zero attached hydrogens (tertiary/aromatic N) is 3. The van der Waals surface area contributed by atoms with E-state index in [1.54, 1.807) is 0 Å². The van der Waals surface area contributed by atoms with E-state index in [0.717, 1.165) is 56.5 Å². The summed E-state index contributed by atoms with van der Waals surface area (Å²) in [5.41, 5.74) is 4.63. The van der Waals surface area contributed by atoms with Gasteiger partial charge in [-0.3, -0.25) is 4.90 Å². The molecule has 2 unspecified atom stereocenters. The lowest BCUT2D eigenvalue weighted by Gasteiger charge is -2.36. The van der Waals surface area contributed by atoms with E-state index in [0.29, 0.717) is 4.05 Å². The van der Waals surface area contributed by atoms with Crippen molar-refractivity contribution in [3.05, 3.63) is 59.8 Å². The van der Waals surface area contributed by atoms with Crippen molar-refractivity contribution in [2.24, 2.45) is 5.92 Å². The molecule has 3 aromatic rings. The van der Waals surface area contributed by atoms with Gasteiger partial charge >= 0.3 is 0 Å². The SMILES string of the molecule is IC1CC(CCc2noc3cc(N4CCOCC4)ccc23)CCN1Cc1ccccc1. The van der Waals surface area contributed by atoms with Gasteiger partial charge in [-0.2, -0.15) is 0 Å². The van der Waals surface area contributed by atoms with Crippen molar-refractivity contribution < 1.29 is 9.26 Å². The standard InChI is InChI=1S/C25H30IN3O2/c26-25-16-19(10-11-29(25)18-20-4-2-1-3-5-20)6-9-23-22-8-7-21(17-24(22)31-27-23)28-12-14-30-15-13-28/h1-5,7-8,17,19,25H,6,9-16,18H2. The fourth-order valence-corrected chi connectivity index (χ4v) is 6.00. The zero-order valence-electron chi connectivity index (χ0n) is 17.9. The van der Waals surface area contributed by atoms with Crippen LogP contribution in [0.5, 0.6) is 0 Å². The number of fused-ring (bicyclic) bond motifs is 1. The van der Waals surface area contributed by atoms with Gasteiger partial charge in [-0.25, -0.2) is 0 Å². The molecule has 0 N–H and O–H groups in total. The third-order valence-corrected chi connectivity index (χ3v) is 7.97. The molecule has 2 aromatic carbocycles. The van der Waals surface area contributed by atoms with Crippen molar-refractivity contribution in [3.63, 3.8) is 0 Å². The third-order valence-electron chi connectivity index (χ3n) is 6.67. The number of hydrogen-bond acceptors (Lipinski definition) is 5. The van der Waals surface area contributed by atoms with Crippen molar-refractivity contribution in [2.75, 3.05) is 37.7 Å². The van der Waals surface area contributed by atoms with Crippen LogP contribution in [-0.4, -0.2) is 47.0 Å². The van der Waals surface area contributed by atoms with E-state index in [4.69, 9.17) is 9.26 Å². The van der Waals surface area contributed by atoms with Crippen molar-refractivity contribution in [1.82, 2.24) is 10.1 Å². The minimum Gasteiger partial charge on any atom is -0.378 e. The van der Waals surface area contributed by atoms with E-state index in [-0.39, 0.29) is 0 Å². The Kier molecular flexibility index (Phi) is 6.76. The average Bonchev–Trinajstić information content (AvgIpc) is 3.23. The van der Waals surface area contributed by atoms with Gasteiger partial charge in [-0.15, -0.1) is 0 Å². The lowest BCUT2D eigenvalue weighted by Crippen LogP contribution is -2.38. The third kappa shape index (κ3) is 5.07. The summed E-state index contributed by atoms with van der Waals surface area (Å²) in [6, 6.07) is 17.4. The Hall–Kier alpha value is -1.64. The maximum Gasteiger partial charge on any atom is 0.169 e. The van der Waals surface area contributed by atoms with E-state index in [9.17, 15) is 0 Å². The second-order valence-corrected chi connectivity index (χ2v) is 10.2. The minimum absolute atomic E-state index is 0.599. The molecular weight excluding hydrogens is 501 g/mol. The fraction of sp³-hybridized carbons (Fsp3) is 0.480. The topological polar surface area (TPSA) is 41.7 Å². The van der Waals surface area contributed by atoms with Crippen LogP contribution in [0.25, 0.3) is 11.0 Å². The quantitative estimate of drug-likeness (QED) is 0.246. The Morgan fingerprint density at radius 2 is 1.87 bits per heavy atom. The molecule has 2 aliphatic heterocycles. The molecule has 2 atom stereocenters. The Balaban J connectivity index is 1.17. The highest BCUT2D eigenvalue weighted by molar-refractivity contribution is 14.1. The van der Waals surface area contributed by atoms with Crippen LogP contribution in [0, 0.1) is 5.92 Å². The monoisotopic (exact) mass is 531 g/mol. The van der Waals surface area contributed by atoms with Gasteiger partial charge < -0.3 is 14.2 Å². The van der Waals surface area contributed by atoms with Crippen LogP contribution < -0.4 is 4.90 Å². The number of ether oxygens (including phenoxy) is 1. The van der Waals surface area contributed by atoms with E-state index >= 15 is 0 Å². The van der Waals surface area contributed by atoms with Gasteiger partial charge in [0.05, 0.1) is 23.0 Å². The summed E-state index contributed by atoms with van der Waals surface area (Å²) in [4.78, 5) is 4.97. The highest BCUT2D eigenvalue weighted by Crippen LogP contribution is 2.32. The average molecular weight is 531 g/mol. The molecule has 6 heteroatoms. The van der Waals surface area contributed by atoms with E-state index in [1.165, 1.54) is 42.4 Å². The minimum atomic E-state index is 0.599. The van der Waals surface area contributed by atoms with E-state index < -0.39 is 0 Å². The number of aryl methyl sites for hydroxylation is 1. The maximum atomic E-state index is 5.71. The first-order valence-corrected chi connectivity index (χ1v) is 12.6. The van der Waals surface area contributed by atoms with Crippen LogP contribution >= 0.6 is 22.6 Å². The molecule has 31 heavy (non-hydrogen) atoms. The van der Waals surface area contributed by atoms with Gasteiger partial charge in [0, 0.05) is 36.8 Å². The van der Waals surface area contributed by atoms with Crippen molar-refractivity contribution >= 4 is 39.2 Å². The summed E-state index contributed by atoms with van der Waals surface area (Å²) >= 11 is 2.63. The molecule has 0 saturated carbocycles. The number of anilines is 1. The number of morpholine rings is 1. The zero-order valence-corrected chi connectivity index (χ0v) is 20.0. The number of benzene rings is 2. The van der Waals surface area contributed by atoms with Gasteiger partial charge in [-0.1, -0.05) is 58.1 Å². The summed E-state index contributed by atoms with van der Waals surface area (Å²) in [5.74, 6) is 0.758. The predicted octanol–water partition coefficient (Wildman–Crippen LogP) is 5.27. The van der Waals surface area contributed by atoms with E-state index in [2.05, 4.69) is 86.1 Å². The van der Waals surface area contributed by atoms with Crippen molar-refractivity contribution in [1.29, 1.82) is 0 Å². The molecule has 5 rings (SSSR count). The molecule has 2 fully saturated rings. The molecule has 0 aliphatic carbocycles. The summed E-state index contributed by atoms with van der Waals surface area (Å²) in [6.07, 6.45) is 4.70. The molecule has 164 valence electrons. The molecule has 1 aromatic heterocycles. The molecule has 0 spiro atoms. The lowest BCUT2D eigenvalue weighted by atomic mass is 9.91. The summed E-state index contributed by atoms with van der Waals surface area (Å²) in [7, 11) is 0. The van der Waals surface area contributed by atoms with Gasteiger partial charge in [-0.05, 0) is 55.8 Å². The number of hydrogen-bond donors (Lipinski definition) is 0. The predicted molar refractivity (Wildman–Crippen MR) is 133 cm³/mol. The van der Waals surface area contributed by atoms with Crippen molar-refractivity contribution in [2.45, 2.75) is 36.3 Å². The highest BCUT2D eigenvalue weighted by Gasteiger charge is 2.27. The summed E-state index contributed by atoms with van der Waals surface area (Å²) in [5, 5.41) is 5.60. The second-order valence-electron chi connectivity index (χ2n) is 8.73. The molecule has 0 bridgehead atoms. The molecule has 0 radical (unpaired) electrons. The summed E-state index contributed by atoms with van der Waals surface area (Å²) in [6.45, 7) is 5.69. The summed E-state index contributed by atoms with van der Waals surface area (Å²) < 4.78 is 11.8. The first-order valence-electron chi connectivity index (χ1n) is 11.4. The van der Waals surface area contributed by atoms with Crippen LogP contribution in [0.3, 0.4) is 0 Å². The molecule has 2 saturated heterocycles. The molecular formula is C25H30IN3O2. The first kappa shape index (κ1) is 21.2. The molecule has 2 aliphatic rings. The Labute approximate surface area is 197 Å². The van der Waals surface area contributed by atoms with Gasteiger partial charge in [0.25, 0.3) is 0 Å². The Morgan fingerprint density at radius 3 is 2.68 bits per heavy atom. The molecule has 5 nitrogen and oxygen atoms in total. The van der Waals surface area contributed by atoms with Gasteiger partial charge in [0.2, 0.25) is 0 Å². The number of alkyl halides is 1. The molecule has 0 amide bonds. The molecule has 3 heterocycles. The largest absolute Gasteiger partial charge is 0.378 e. The normalized spacial score (nSPS) is 22.8. The second kappa shape index (κ2) is 9.88. The fourth-order valence-electron chi connectivity index (χ4n) is 4.81.